The molecule has 6 atom stereocenters. The maximum atomic E-state index is 14.4. The van der Waals surface area contributed by atoms with Gasteiger partial charge in [0.1, 0.15) is 23.9 Å². The first kappa shape index (κ1) is 43.7. The van der Waals surface area contributed by atoms with Crippen molar-refractivity contribution in [3.05, 3.63) is 77.5 Å². The highest BCUT2D eigenvalue weighted by Crippen LogP contribution is 2.37. The number of benzene rings is 2. The first-order valence-corrected chi connectivity index (χ1v) is 20.5. The number of nitrogens with zero attached hydrogens (tertiary/aromatic N) is 2. The molecule has 1 saturated carbocycles. The zero-order valence-electron chi connectivity index (χ0n) is 33.5. The highest BCUT2D eigenvalue weighted by Gasteiger charge is 2.43. The van der Waals surface area contributed by atoms with Gasteiger partial charge in [-0.1, -0.05) is 81.7 Å². The number of nitrogens with one attached hydrogen (secondary N) is 3. The van der Waals surface area contributed by atoms with Crippen LogP contribution in [0.25, 0.3) is 0 Å². The third-order valence-electron chi connectivity index (χ3n) is 12.1. The number of hydrogen-bond acceptors (Lipinski definition) is 9. The van der Waals surface area contributed by atoms with E-state index in [0.29, 0.717) is 49.8 Å². The number of likely N-dealkylation sites (tertiary alicyclic amines) is 1. The average Bonchev–Trinajstić information content (AvgIpc) is 4.03. The predicted octanol–water partition coefficient (Wildman–Crippen LogP) is 3.60. The van der Waals surface area contributed by atoms with Crippen molar-refractivity contribution >= 4 is 41.6 Å². The van der Waals surface area contributed by atoms with E-state index in [1.807, 2.05) is 26.0 Å². The van der Waals surface area contributed by atoms with Crippen LogP contribution in [-0.4, -0.2) is 94.0 Å². The Morgan fingerprint density at radius 3 is 2.17 bits per heavy atom. The number of ketones is 1. The van der Waals surface area contributed by atoms with Gasteiger partial charge in [0.05, 0.1) is 11.5 Å². The molecule has 2 aromatic carbocycles. The summed E-state index contributed by atoms with van der Waals surface area (Å²) in [5, 5.41) is 28.4. The van der Waals surface area contributed by atoms with Crippen LogP contribution in [0.2, 0.25) is 0 Å². The van der Waals surface area contributed by atoms with Crippen LogP contribution in [0.5, 0.6) is 5.75 Å². The second-order valence-electron chi connectivity index (χ2n) is 16.0. The number of nitrogens with two attached hydrogens (primary N) is 1. The lowest BCUT2D eigenvalue weighted by atomic mass is 9.82. The molecule has 2 aromatic rings. The number of aliphatic imine (C=N–C) groups is 1. The molecule has 2 heterocycles. The first-order valence-electron chi connectivity index (χ1n) is 20.5. The van der Waals surface area contributed by atoms with Crippen LogP contribution >= 0.6 is 0 Å². The average molecular weight is 799 g/mol. The Bertz CT molecular complexity index is 1840. The molecule has 1 aliphatic carbocycles. The number of allylic oxidation sites excluding steroid dienone is 1. The number of Topliss-reactive ketones (excluding diaryl/α,β-unsaturated/α-hetero) is 1. The number of carbonyl (C=O) groups excluding carboxylic acids is 5. The van der Waals surface area contributed by atoms with Crippen LogP contribution in [0.3, 0.4) is 0 Å². The maximum absolute atomic E-state index is 14.4. The van der Waals surface area contributed by atoms with E-state index in [1.54, 1.807) is 42.6 Å². The Balaban J connectivity index is 1.34. The van der Waals surface area contributed by atoms with E-state index in [1.165, 1.54) is 17.0 Å². The van der Waals surface area contributed by atoms with Gasteiger partial charge in [0.15, 0.2) is 5.78 Å². The summed E-state index contributed by atoms with van der Waals surface area (Å²) in [6.45, 7) is 4.16. The number of carboxylic acids is 1. The van der Waals surface area contributed by atoms with Gasteiger partial charge in [0, 0.05) is 56.6 Å². The molecule has 2 aliphatic heterocycles. The highest BCUT2D eigenvalue weighted by atomic mass is 16.4. The monoisotopic (exact) mass is 798 g/mol. The van der Waals surface area contributed by atoms with E-state index in [2.05, 4.69) is 20.9 Å². The van der Waals surface area contributed by atoms with Crippen molar-refractivity contribution in [2.45, 2.75) is 115 Å². The van der Waals surface area contributed by atoms with E-state index in [9.17, 15) is 39.0 Å². The van der Waals surface area contributed by atoms with Crippen LogP contribution in [0.4, 0.5) is 0 Å². The smallest absolute Gasteiger partial charge is 0.326 e. The molecule has 14 heteroatoms. The van der Waals surface area contributed by atoms with Gasteiger partial charge >= 0.3 is 5.97 Å². The SMILES string of the molecule is CCC(C)C(CC(=O)C(Cc1ccc(O)cc1)NC(=O)C1(CN)CCCC1)C(=O)NC(CC1=CCC=N1)C(=O)N1CCCC1C(=O)NC(Cc1ccccc1)C(=O)O. The Kier molecular flexibility index (Phi) is 15.4. The van der Waals surface area contributed by atoms with Gasteiger partial charge in [-0.3, -0.25) is 29.0 Å². The van der Waals surface area contributed by atoms with Gasteiger partial charge in [-0.2, -0.15) is 0 Å². The van der Waals surface area contributed by atoms with E-state index >= 15 is 0 Å². The quantitative estimate of drug-likeness (QED) is 0.115. The van der Waals surface area contributed by atoms with Gasteiger partial charge in [-0.25, -0.2) is 4.79 Å². The third-order valence-corrected chi connectivity index (χ3v) is 12.1. The zero-order chi connectivity index (χ0) is 41.8. The minimum absolute atomic E-state index is 0.0551. The van der Waals surface area contributed by atoms with Crippen LogP contribution in [0, 0.1) is 17.3 Å². The molecule has 0 aromatic heterocycles. The molecule has 7 N–H and O–H groups in total. The molecular weight excluding hydrogens is 741 g/mol. The molecule has 312 valence electrons. The van der Waals surface area contributed by atoms with Crippen molar-refractivity contribution in [3.63, 3.8) is 0 Å². The molecule has 2 fully saturated rings. The Morgan fingerprint density at radius 2 is 1.55 bits per heavy atom. The van der Waals surface area contributed by atoms with Crippen molar-refractivity contribution in [1.29, 1.82) is 0 Å². The summed E-state index contributed by atoms with van der Waals surface area (Å²) in [5.41, 5.74) is 7.39. The fraction of sp³-hybridized carbons (Fsp3) is 0.523. The number of carboxylic acid groups (broad SMARTS) is 1. The van der Waals surface area contributed by atoms with E-state index in [4.69, 9.17) is 5.73 Å². The summed E-state index contributed by atoms with van der Waals surface area (Å²) >= 11 is 0. The molecule has 14 nitrogen and oxygen atoms in total. The predicted molar refractivity (Wildman–Crippen MR) is 218 cm³/mol. The van der Waals surface area contributed by atoms with Crippen LogP contribution in [0.1, 0.15) is 89.2 Å². The summed E-state index contributed by atoms with van der Waals surface area (Å²) in [5.74, 6) is -4.53. The lowest BCUT2D eigenvalue weighted by molar-refractivity contribution is -0.145. The minimum atomic E-state index is -1.21. The number of hydrogen-bond donors (Lipinski definition) is 6. The molecule has 5 rings (SSSR count). The summed E-state index contributed by atoms with van der Waals surface area (Å²) in [6.07, 6.45) is 8.51. The van der Waals surface area contributed by atoms with E-state index < -0.39 is 59.2 Å². The van der Waals surface area contributed by atoms with Gasteiger partial charge in [0.2, 0.25) is 23.6 Å². The number of rotatable bonds is 20. The number of phenols is 1. The molecule has 3 aliphatic rings. The van der Waals surface area contributed by atoms with Crippen LogP contribution < -0.4 is 21.7 Å². The fourth-order valence-corrected chi connectivity index (χ4v) is 8.25. The van der Waals surface area contributed by atoms with Crippen molar-refractivity contribution in [2.75, 3.05) is 13.1 Å². The van der Waals surface area contributed by atoms with Crippen LogP contribution in [0.15, 0.2) is 71.4 Å². The Labute approximate surface area is 340 Å². The number of phenolic OH excluding ortho intramolecular Hbond substituents is 1. The first-order chi connectivity index (χ1) is 27.8. The standard InChI is InChI=1S/C44H58N6O8/c1-3-28(2)33(26-38(52)34(23-30-15-17-32(51)18-16-30)49-43(58)44(27-45)19-7-8-20-44)39(53)47-35(25-31-13-9-21-46-31)41(55)50-22-10-14-37(50)40(54)48-36(42(56)57)24-29-11-5-4-6-12-29/h4-6,11-13,15-18,21,28,33-37,51H,3,7-10,14,19-20,22-27,45H2,1-2H3,(H,47,53)(H,48,54)(H,49,58)(H,56,57). The minimum Gasteiger partial charge on any atom is -0.508 e. The summed E-state index contributed by atoms with van der Waals surface area (Å²) in [7, 11) is 0. The number of aromatic hydroxyl groups is 1. The molecule has 4 amide bonds. The molecule has 0 radical (unpaired) electrons. The normalized spacial score (nSPS) is 19.7. The molecule has 0 spiro atoms. The number of carbonyl (C=O) groups is 6. The van der Waals surface area contributed by atoms with Crippen molar-refractivity contribution < 1.29 is 39.0 Å². The van der Waals surface area contributed by atoms with Gasteiger partial charge in [-0.05, 0) is 61.3 Å². The largest absolute Gasteiger partial charge is 0.508 e. The fourth-order valence-electron chi connectivity index (χ4n) is 8.25. The Hall–Kier alpha value is -5.37. The number of aliphatic carboxylic acids is 1. The second-order valence-corrected chi connectivity index (χ2v) is 16.0. The highest BCUT2D eigenvalue weighted by molar-refractivity contribution is 5.97. The van der Waals surface area contributed by atoms with Crippen molar-refractivity contribution in [2.24, 2.45) is 28.0 Å². The lowest BCUT2D eigenvalue weighted by Gasteiger charge is -2.32. The second kappa shape index (κ2) is 20.4. The topological polar surface area (TPSA) is 221 Å². The molecule has 6 unspecified atom stereocenters. The van der Waals surface area contributed by atoms with Crippen molar-refractivity contribution in [3.8, 4) is 5.75 Å². The van der Waals surface area contributed by atoms with Crippen molar-refractivity contribution in [1.82, 2.24) is 20.9 Å². The van der Waals surface area contributed by atoms with Crippen LogP contribution in [-0.2, 0) is 41.6 Å². The van der Waals surface area contributed by atoms with Gasteiger partial charge in [-0.15, -0.1) is 0 Å². The lowest BCUT2D eigenvalue weighted by Crippen LogP contribution is -2.56. The van der Waals surface area contributed by atoms with Gasteiger partial charge in [0.25, 0.3) is 0 Å². The van der Waals surface area contributed by atoms with E-state index in [-0.39, 0.29) is 62.1 Å². The zero-order valence-corrected chi connectivity index (χ0v) is 33.5. The molecule has 58 heavy (non-hydrogen) atoms. The summed E-state index contributed by atoms with van der Waals surface area (Å²) < 4.78 is 0. The molecule has 0 bridgehead atoms. The summed E-state index contributed by atoms with van der Waals surface area (Å²) in [4.78, 5) is 88.4. The third kappa shape index (κ3) is 11.2. The summed E-state index contributed by atoms with van der Waals surface area (Å²) in [6, 6.07) is 11.1. The Morgan fingerprint density at radius 1 is 0.879 bits per heavy atom. The maximum Gasteiger partial charge on any atom is 0.326 e. The van der Waals surface area contributed by atoms with Gasteiger partial charge < -0.3 is 36.8 Å². The molecular formula is C44H58N6O8. The van der Waals surface area contributed by atoms with E-state index in [0.717, 1.165) is 18.4 Å². The number of amides is 4. The molecule has 1 saturated heterocycles.